The average molecular weight is 923 g/mol. The molecule has 1 aliphatic rings. The number of ether oxygens (including phenoxy) is 3. The zero-order valence-corrected chi connectivity index (χ0v) is 33.9. The Morgan fingerprint density at radius 2 is 1.49 bits per heavy atom. The Kier molecular flexibility index (Phi) is 13.3. The van der Waals surface area contributed by atoms with Crippen LogP contribution in [0.1, 0.15) is 47.1 Å². The van der Waals surface area contributed by atoms with Crippen molar-refractivity contribution in [3.63, 3.8) is 0 Å². The van der Waals surface area contributed by atoms with Gasteiger partial charge >= 0.3 is 312 Å². The molecule has 0 aromatic heterocycles. The van der Waals surface area contributed by atoms with Crippen LogP contribution in [-0.2, 0) is 28.6 Å². The van der Waals surface area contributed by atoms with E-state index in [4.69, 9.17) is 16.7 Å². The van der Waals surface area contributed by atoms with Crippen molar-refractivity contribution in [1.82, 2.24) is 19.6 Å². The van der Waals surface area contributed by atoms with Crippen LogP contribution < -0.4 is 4.74 Å². The fourth-order valence-electron chi connectivity index (χ4n) is 4.25. The topological polar surface area (TPSA) is 148 Å². The number of hydrogen-bond acceptors (Lipinski definition) is 9. The standard InChI is InChI=1S/C31H40BrF3IN5O9S/c1-29(2,3)48-26(42)37-25(40-18-38(7)27(43)39(8)19-40)41(28(44)49-30(4,5)6)17-20-10-15-24(23(32)16-20)36(50-51(45,46)31(33,34)35)21-11-13-22(47-9)14-12-21/h10-16H,17-19H2,1-9H3. The third kappa shape index (κ3) is 11.6. The van der Waals surface area contributed by atoms with E-state index in [-0.39, 0.29) is 43.5 Å². The number of amides is 4. The Morgan fingerprint density at radius 3 is 1.96 bits per heavy atom. The Balaban J connectivity index is 2.15. The number of urea groups is 1. The molecule has 14 nitrogen and oxygen atoms in total. The van der Waals surface area contributed by atoms with Crippen LogP contribution in [0.15, 0.2) is 51.9 Å². The van der Waals surface area contributed by atoms with Gasteiger partial charge in [0, 0.05) is 0 Å². The predicted octanol–water partition coefficient (Wildman–Crippen LogP) is 7.03. The molecule has 1 fully saturated rings. The van der Waals surface area contributed by atoms with Crippen LogP contribution in [0.3, 0.4) is 0 Å². The molecule has 1 heterocycles. The van der Waals surface area contributed by atoms with E-state index in [1.54, 1.807) is 41.5 Å². The van der Waals surface area contributed by atoms with Gasteiger partial charge in [-0.15, -0.1) is 0 Å². The summed E-state index contributed by atoms with van der Waals surface area (Å²) in [5, 5.41) is 0. The summed E-state index contributed by atoms with van der Waals surface area (Å²) in [7, 11) is -1.55. The van der Waals surface area contributed by atoms with Crippen molar-refractivity contribution < 1.29 is 52.7 Å². The van der Waals surface area contributed by atoms with Gasteiger partial charge in [-0.1, -0.05) is 0 Å². The van der Waals surface area contributed by atoms with Gasteiger partial charge in [-0.2, -0.15) is 0 Å². The molecule has 2 aromatic carbocycles. The Labute approximate surface area is 311 Å². The van der Waals surface area contributed by atoms with Gasteiger partial charge in [-0.05, 0) is 0 Å². The summed E-state index contributed by atoms with van der Waals surface area (Å²) >= 11 is -0.469. The summed E-state index contributed by atoms with van der Waals surface area (Å²) in [5.41, 5.74) is -7.24. The van der Waals surface area contributed by atoms with Crippen molar-refractivity contribution in [3.8, 4) is 5.75 Å². The molecule has 0 bridgehead atoms. The molecule has 4 amide bonds. The molecule has 51 heavy (non-hydrogen) atoms. The van der Waals surface area contributed by atoms with Gasteiger partial charge in [-0.3, -0.25) is 0 Å². The summed E-state index contributed by atoms with van der Waals surface area (Å²) in [6, 6.07) is 9.83. The van der Waals surface area contributed by atoms with Gasteiger partial charge < -0.3 is 0 Å². The first-order valence-corrected chi connectivity index (χ1v) is 20.2. The molecule has 3 rings (SSSR count). The summed E-state index contributed by atoms with van der Waals surface area (Å²) in [5.74, 6) is 0.181. The first-order valence-electron chi connectivity index (χ1n) is 15.0. The van der Waals surface area contributed by atoms with Crippen molar-refractivity contribution in [2.75, 3.05) is 34.5 Å². The second kappa shape index (κ2) is 16.1. The zero-order valence-electron chi connectivity index (χ0n) is 29.4. The van der Waals surface area contributed by atoms with Gasteiger partial charge in [-0.25, -0.2) is 0 Å². The number of alkyl halides is 3. The first-order chi connectivity index (χ1) is 23.3. The van der Waals surface area contributed by atoms with E-state index in [0.29, 0.717) is 11.3 Å². The van der Waals surface area contributed by atoms with Crippen molar-refractivity contribution >= 4 is 70.5 Å². The molecule has 0 atom stereocenters. The molecule has 0 aliphatic carbocycles. The minimum absolute atomic E-state index is 0.0758. The van der Waals surface area contributed by atoms with E-state index in [0.717, 1.165) is 4.90 Å². The van der Waals surface area contributed by atoms with Crippen molar-refractivity contribution in [3.05, 3.63) is 59.6 Å². The summed E-state index contributed by atoms with van der Waals surface area (Å²) in [4.78, 5) is 48.8. The number of guanidine groups is 1. The number of carbonyl (C=O) groups excluding carboxylic acids is 3. The number of rotatable bonds is 7. The molecule has 0 saturated carbocycles. The van der Waals surface area contributed by atoms with Crippen molar-refractivity contribution in [2.24, 2.45) is 4.99 Å². The van der Waals surface area contributed by atoms with Crippen LogP contribution in [-0.4, -0.2) is 103 Å². The van der Waals surface area contributed by atoms with E-state index < -0.39 is 59.2 Å². The van der Waals surface area contributed by atoms with E-state index in [1.165, 1.54) is 78.4 Å². The second-order valence-electron chi connectivity index (χ2n) is 13.1. The molecule has 284 valence electrons. The molecule has 20 heteroatoms. The van der Waals surface area contributed by atoms with E-state index >= 15 is 0 Å². The maximum atomic E-state index is 13.8. The van der Waals surface area contributed by atoms with E-state index in [1.807, 2.05) is 0 Å². The monoisotopic (exact) mass is 921 g/mol. The number of methoxy groups -OCH3 is 1. The Hall–Kier alpha value is -3.37. The normalized spacial score (nSPS) is 15.1. The van der Waals surface area contributed by atoms with Gasteiger partial charge in [0.05, 0.1) is 0 Å². The van der Waals surface area contributed by atoms with Crippen LogP contribution >= 0.6 is 36.2 Å². The van der Waals surface area contributed by atoms with Crippen LogP contribution in [0.2, 0.25) is 0 Å². The Bertz CT molecular complexity index is 1740. The van der Waals surface area contributed by atoms with Crippen LogP contribution in [0, 0.1) is 7.14 Å². The molecule has 1 saturated heterocycles. The first kappa shape index (κ1) is 42.0. The van der Waals surface area contributed by atoms with Crippen molar-refractivity contribution in [1.29, 1.82) is 0 Å². The van der Waals surface area contributed by atoms with Gasteiger partial charge in [0.1, 0.15) is 0 Å². The van der Waals surface area contributed by atoms with Gasteiger partial charge in [0.15, 0.2) is 0 Å². The molecular formula is C31H40BrF3IN5O9S. The molecule has 2 aromatic rings. The second-order valence-corrected chi connectivity index (χ2v) is 20.3. The van der Waals surface area contributed by atoms with Crippen LogP contribution in [0.4, 0.5) is 27.6 Å². The molecule has 0 unspecified atom stereocenters. The fourth-order valence-corrected chi connectivity index (χ4v) is 12.0. The van der Waals surface area contributed by atoms with Gasteiger partial charge in [0.25, 0.3) is 0 Å². The zero-order chi connectivity index (χ0) is 38.7. The maximum absolute atomic E-state index is 13.8. The number of aliphatic imine (C=N–C) groups is 1. The molecule has 1 aliphatic heterocycles. The fraction of sp³-hybridized carbons (Fsp3) is 0.484. The summed E-state index contributed by atoms with van der Waals surface area (Å²) in [6.45, 7) is 9.38. The number of nitrogens with zero attached hydrogens (tertiary/aromatic N) is 5. The minimum atomic E-state index is -5.99. The third-order valence-corrected chi connectivity index (χ3v) is 14.9. The van der Waals surface area contributed by atoms with E-state index in [9.17, 15) is 36.0 Å². The summed E-state index contributed by atoms with van der Waals surface area (Å²) in [6.07, 6.45) is -1.94. The van der Waals surface area contributed by atoms with Crippen LogP contribution in [0.25, 0.3) is 0 Å². The molecule has 0 radical (unpaired) electrons. The van der Waals surface area contributed by atoms with Crippen molar-refractivity contribution in [2.45, 2.75) is 64.8 Å². The van der Waals surface area contributed by atoms with E-state index in [2.05, 4.69) is 20.9 Å². The number of benzene rings is 2. The molecule has 0 N–H and O–H groups in total. The average Bonchev–Trinajstić information content (AvgIpc) is 2.98. The molecular weight excluding hydrogens is 882 g/mol. The summed E-state index contributed by atoms with van der Waals surface area (Å²) < 4.78 is 86.6. The SMILES string of the molecule is COc1ccc(I(OS(=O)(=O)C(F)(F)F)c2ccc(CN(C(=O)OC(C)(C)C)C(=NC(=O)OC(C)(C)C)N3CN(C)C(=O)N(C)C3)cc2Br)cc1. The number of hydrogen-bond donors (Lipinski definition) is 0. The quantitative estimate of drug-likeness (QED) is 0.123. The molecule has 0 spiro atoms. The number of halogens is 5. The Morgan fingerprint density at radius 1 is 0.941 bits per heavy atom. The predicted molar refractivity (Wildman–Crippen MR) is 193 cm³/mol. The number of carbonyl (C=O) groups is 3. The third-order valence-electron chi connectivity index (χ3n) is 6.33. The van der Waals surface area contributed by atoms with Crippen LogP contribution in [0.5, 0.6) is 5.75 Å². The van der Waals surface area contributed by atoms with Gasteiger partial charge in [0.2, 0.25) is 0 Å².